The summed E-state index contributed by atoms with van der Waals surface area (Å²) < 4.78 is 11.0. The van der Waals surface area contributed by atoms with Gasteiger partial charge in [0.05, 0.1) is 24.1 Å². The molecule has 0 spiro atoms. The summed E-state index contributed by atoms with van der Waals surface area (Å²) in [4.78, 5) is 26.0. The molecule has 1 saturated heterocycles. The lowest BCUT2D eigenvalue weighted by atomic mass is 10.0. The number of carbonyl (C=O) groups excluding carboxylic acids is 2. The Morgan fingerprint density at radius 2 is 1.96 bits per heavy atom. The van der Waals surface area contributed by atoms with Gasteiger partial charge in [0.1, 0.15) is 23.7 Å². The summed E-state index contributed by atoms with van der Waals surface area (Å²) in [5, 5.41) is 3.39. The van der Waals surface area contributed by atoms with E-state index in [0.29, 0.717) is 30.3 Å². The number of amides is 1. The molecule has 6 nitrogen and oxygen atoms in total. The number of anilines is 1. The Labute approximate surface area is 164 Å². The summed E-state index contributed by atoms with van der Waals surface area (Å²) in [7, 11) is 1.34. The van der Waals surface area contributed by atoms with E-state index < -0.39 is 5.97 Å². The van der Waals surface area contributed by atoms with E-state index in [1.54, 1.807) is 0 Å². The molecule has 1 aliphatic rings. The number of benzene rings is 1. The molecular formula is C18H20BrN2O4S+. The lowest BCUT2D eigenvalue weighted by Crippen LogP contribution is -3.15. The van der Waals surface area contributed by atoms with Crippen LogP contribution in [0.3, 0.4) is 0 Å². The molecule has 26 heavy (non-hydrogen) atoms. The van der Waals surface area contributed by atoms with Crippen molar-refractivity contribution >= 4 is 44.1 Å². The average molecular weight is 440 g/mol. The number of ether oxygens (including phenoxy) is 2. The first-order valence-electron chi connectivity index (χ1n) is 8.27. The van der Waals surface area contributed by atoms with Gasteiger partial charge in [0.25, 0.3) is 5.91 Å². The van der Waals surface area contributed by atoms with Gasteiger partial charge >= 0.3 is 5.97 Å². The Kier molecular flexibility index (Phi) is 6.42. The zero-order valence-electron chi connectivity index (χ0n) is 14.3. The van der Waals surface area contributed by atoms with Gasteiger partial charge in [-0.15, -0.1) is 11.3 Å². The Bertz CT molecular complexity index is 788. The summed E-state index contributed by atoms with van der Waals surface area (Å²) >= 11 is 4.85. The predicted octanol–water partition coefficient (Wildman–Crippen LogP) is 1.82. The first kappa shape index (κ1) is 19.0. The van der Waals surface area contributed by atoms with Crippen LogP contribution >= 0.6 is 27.3 Å². The topological polar surface area (TPSA) is 69.1 Å². The number of carbonyl (C=O) groups is 2. The van der Waals surface area contributed by atoms with Crippen molar-refractivity contribution in [3.8, 4) is 11.1 Å². The highest BCUT2D eigenvalue weighted by atomic mass is 79.9. The monoisotopic (exact) mass is 439 g/mol. The minimum Gasteiger partial charge on any atom is -0.465 e. The second kappa shape index (κ2) is 8.77. The second-order valence-electron chi connectivity index (χ2n) is 5.90. The summed E-state index contributed by atoms with van der Waals surface area (Å²) in [5.74, 6) is -0.597. The second-order valence-corrected chi connectivity index (χ2v) is 8.24. The van der Waals surface area contributed by atoms with Crippen LogP contribution in [0.4, 0.5) is 5.00 Å². The van der Waals surface area contributed by atoms with Crippen LogP contribution in [0.5, 0.6) is 0 Å². The highest BCUT2D eigenvalue weighted by Crippen LogP contribution is 2.43. The van der Waals surface area contributed by atoms with Gasteiger partial charge in [0, 0.05) is 5.56 Å². The quantitative estimate of drug-likeness (QED) is 0.697. The summed E-state index contributed by atoms with van der Waals surface area (Å²) in [6.07, 6.45) is 0. The molecule has 0 bridgehead atoms. The molecule has 138 valence electrons. The maximum Gasteiger partial charge on any atom is 0.341 e. The average Bonchev–Trinajstić information content (AvgIpc) is 2.98. The Balaban J connectivity index is 1.87. The lowest BCUT2D eigenvalue weighted by molar-refractivity contribution is -0.899. The van der Waals surface area contributed by atoms with Crippen molar-refractivity contribution in [2.24, 2.45) is 0 Å². The van der Waals surface area contributed by atoms with Crippen molar-refractivity contribution in [2.75, 3.05) is 45.3 Å². The van der Waals surface area contributed by atoms with Crippen LogP contribution < -0.4 is 10.2 Å². The molecular weight excluding hydrogens is 420 g/mol. The molecule has 0 atom stereocenters. The van der Waals surface area contributed by atoms with Crippen molar-refractivity contribution in [3.05, 3.63) is 39.7 Å². The molecule has 0 saturated carbocycles. The van der Waals surface area contributed by atoms with E-state index in [9.17, 15) is 9.59 Å². The normalized spacial score (nSPS) is 14.8. The number of esters is 1. The van der Waals surface area contributed by atoms with Crippen LogP contribution in [0, 0.1) is 0 Å². The third-order valence-corrected chi connectivity index (χ3v) is 5.96. The van der Waals surface area contributed by atoms with Crippen molar-refractivity contribution in [1.82, 2.24) is 0 Å². The Morgan fingerprint density at radius 3 is 2.62 bits per heavy atom. The molecule has 1 aromatic carbocycles. The number of methoxy groups -OCH3 is 1. The first-order valence-corrected chi connectivity index (χ1v) is 9.88. The van der Waals surface area contributed by atoms with Gasteiger partial charge in [0.2, 0.25) is 0 Å². The number of quaternary nitrogens is 1. The molecule has 1 amide bonds. The molecule has 1 aromatic heterocycles. The smallest absolute Gasteiger partial charge is 0.341 e. The number of halogens is 1. The molecule has 2 heterocycles. The van der Waals surface area contributed by atoms with Gasteiger partial charge < -0.3 is 19.7 Å². The standard InChI is InChI=1S/C18H19BrN2O4S/c1-24-18(23)15-14(12-5-3-2-4-6-12)16(19)26-17(15)20-13(22)11-21-7-9-25-10-8-21/h2-6H,7-11H2,1H3,(H,20,22)/p+1. The van der Waals surface area contributed by atoms with E-state index in [-0.39, 0.29) is 5.91 Å². The number of hydrogen-bond donors (Lipinski definition) is 2. The van der Waals surface area contributed by atoms with Crippen LogP contribution in [0.1, 0.15) is 10.4 Å². The first-order chi connectivity index (χ1) is 12.6. The third kappa shape index (κ3) is 4.32. The minimum atomic E-state index is -0.472. The Morgan fingerprint density at radius 1 is 1.27 bits per heavy atom. The SMILES string of the molecule is COC(=O)c1c(NC(=O)C[NH+]2CCOCC2)sc(Br)c1-c1ccccc1. The molecule has 3 rings (SSSR count). The van der Waals surface area contributed by atoms with Crippen molar-refractivity contribution in [2.45, 2.75) is 0 Å². The Hall–Kier alpha value is -1.74. The highest BCUT2D eigenvalue weighted by Gasteiger charge is 2.27. The van der Waals surface area contributed by atoms with E-state index in [1.165, 1.54) is 23.3 Å². The fourth-order valence-electron chi connectivity index (χ4n) is 2.89. The van der Waals surface area contributed by atoms with Gasteiger partial charge in [-0.1, -0.05) is 30.3 Å². The molecule has 0 unspecified atom stereocenters. The van der Waals surface area contributed by atoms with Gasteiger partial charge in [-0.2, -0.15) is 0 Å². The largest absolute Gasteiger partial charge is 0.465 e. The lowest BCUT2D eigenvalue weighted by Gasteiger charge is -2.23. The number of morpholine rings is 1. The highest BCUT2D eigenvalue weighted by molar-refractivity contribution is 9.11. The summed E-state index contributed by atoms with van der Waals surface area (Å²) in [5.41, 5.74) is 1.99. The van der Waals surface area contributed by atoms with Crippen molar-refractivity contribution in [3.63, 3.8) is 0 Å². The number of rotatable bonds is 5. The molecule has 1 aliphatic heterocycles. The zero-order chi connectivity index (χ0) is 18.5. The maximum atomic E-state index is 12.5. The van der Waals surface area contributed by atoms with Crippen LogP contribution in [-0.2, 0) is 14.3 Å². The van der Waals surface area contributed by atoms with Crippen LogP contribution in [0.25, 0.3) is 11.1 Å². The van der Waals surface area contributed by atoms with Crippen molar-refractivity contribution in [1.29, 1.82) is 0 Å². The summed E-state index contributed by atoms with van der Waals surface area (Å²) in [6.45, 7) is 3.29. The molecule has 1 fully saturated rings. The number of nitrogens with one attached hydrogen (secondary N) is 2. The van der Waals surface area contributed by atoms with E-state index in [4.69, 9.17) is 9.47 Å². The molecule has 0 aliphatic carbocycles. The predicted molar refractivity (Wildman–Crippen MR) is 104 cm³/mol. The van der Waals surface area contributed by atoms with E-state index in [1.807, 2.05) is 30.3 Å². The maximum absolute atomic E-state index is 12.5. The van der Waals surface area contributed by atoms with Gasteiger partial charge in [-0.25, -0.2) is 4.79 Å². The van der Waals surface area contributed by atoms with E-state index in [0.717, 1.165) is 28.0 Å². The third-order valence-electron chi connectivity index (χ3n) is 4.18. The number of hydrogen-bond acceptors (Lipinski definition) is 5. The summed E-state index contributed by atoms with van der Waals surface area (Å²) in [6, 6.07) is 9.56. The van der Waals surface area contributed by atoms with E-state index in [2.05, 4.69) is 21.2 Å². The fourth-order valence-corrected chi connectivity index (χ4v) is 4.75. The van der Waals surface area contributed by atoms with Gasteiger partial charge in [0.15, 0.2) is 6.54 Å². The number of thiophene rings is 1. The molecule has 0 radical (unpaired) electrons. The van der Waals surface area contributed by atoms with Crippen LogP contribution in [0.15, 0.2) is 34.1 Å². The van der Waals surface area contributed by atoms with Crippen LogP contribution in [-0.4, -0.2) is 51.8 Å². The fraction of sp³-hybridized carbons (Fsp3) is 0.333. The van der Waals surface area contributed by atoms with Crippen LogP contribution in [0.2, 0.25) is 0 Å². The molecule has 8 heteroatoms. The molecule has 2 N–H and O–H groups in total. The minimum absolute atomic E-state index is 0.125. The van der Waals surface area contributed by atoms with Gasteiger partial charge in [-0.05, 0) is 21.5 Å². The molecule has 2 aromatic rings. The van der Waals surface area contributed by atoms with Crippen molar-refractivity contribution < 1.29 is 24.0 Å². The van der Waals surface area contributed by atoms with E-state index >= 15 is 0 Å². The zero-order valence-corrected chi connectivity index (χ0v) is 16.7. The van der Waals surface area contributed by atoms with Gasteiger partial charge in [-0.3, -0.25) is 4.79 Å².